The molecule has 0 bridgehead atoms. The number of amides is 1. The molecule has 2 aromatic rings. The van der Waals surface area contributed by atoms with Crippen molar-refractivity contribution in [3.05, 3.63) is 59.1 Å². The number of benzene rings is 2. The van der Waals surface area contributed by atoms with Gasteiger partial charge in [0.05, 0.1) is 6.61 Å². The molecule has 4 nitrogen and oxygen atoms in total. The van der Waals surface area contributed by atoms with Gasteiger partial charge in [-0.2, -0.15) is 0 Å². The van der Waals surface area contributed by atoms with E-state index in [0.29, 0.717) is 29.7 Å². The first-order chi connectivity index (χ1) is 11.2. The lowest BCUT2D eigenvalue weighted by Crippen LogP contribution is -2.28. The monoisotopic (exact) mass is 333 g/mol. The second kappa shape index (κ2) is 9.06. The van der Waals surface area contributed by atoms with Crippen molar-refractivity contribution in [3.63, 3.8) is 0 Å². The Morgan fingerprint density at radius 1 is 1.04 bits per heavy atom. The van der Waals surface area contributed by atoms with Gasteiger partial charge in [0.15, 0.2) is 18.1 Å². The average Bonchev–Trinajstić information content (AvgIpc) is 2.58. The van der Waals surface area contributed by atoms with Crippen molar-refractivity contribution in [2.24, 2.45) is 0 Å². The summed E-state index contributed by atoms with van der Waals surface area (Å²) in [5.74, 6) is 0.998. The molecule has 0 saturated carbocycles. The Morgan fingerprint density at radius 2 is 1.70 bits per heavy atom. The summed E-state index contributed by atoms with van der Waals surface area (Å²) < 4.78 is 11.1. The fourth-order valence-corrected chi connectivity index (χ4v) is 2.13. The van der Waals surface area contributed by atoms with Crippen molar-refractivity contribution >= 4 is 17.5 Å². The molecule has 0 atom stereocenters. The number of hydrogen-bond donors (Lipinski definition) is 1. The highest BCUT2D eigenvalue weighted by Gasteiger charge is 2.08. The fourth-order valence-electron chi connectivity index (χ4n) is 1.93. The predicted molar refractivity (Wildman–Crippen MR) is 91.0 cm³/mol. The van der Waals surface area contributed by atoms with Crippen LogP contribution in [0.5, 0.6) is 11.5 Å². The van der Waals surface area contributed by atoms with Crippen LogP contribution in [0.25, 0.3) is 0 Å². The van der Waals surface area contributed by atoms with Gasteiger partial charge in [0.1, 0.15) is 0 Å². The molecular formula is C18H20ClNO3. The highest BCUT2D eigenvalue weighted by atomic mass is 35.5. The van der Waals surface area contributed by atoms with Gasteiger partial charge in [0.25, 0.3) is 5.91 Å². The topological polar surface area (TPSA) is 47.6 Å². The molecule has 0 heterocycles. The summed E-state index contributed by atoms with van der Waals surface area (Å²) in [6, 6.07) is 14.7. The molecule has 0 aliphatic rings. The molecule has 122 valence electrons. The van der Waals surface area contributed by atoms with Crippen LogP contribution in [0.3, 0.4) is 0 Å². The number of rotatable bonds is 8. The Bertz CT molecular complexity index is 646. The van der Waals surface area contributed by atoms with Gasteiger partial charge in [-0.05, 0) is 30.2 Å². The molecule has 5 heteroatoms. The molecule has 0 aromatic heterocycles. The van der Waals surface area contributed by atoms with Crippen LogP contribution in [-0.4, -0.2) is 19.1 Å². The lowest BCUT2D eigenvalue weighted by atomic mass is 10.2. The summed E-state index contributed by atoms with van der Waals surface area (Å²) in [7, 11) is 0. The molecule has 0 aliphatic heterocycles. The number of halogens is 1. The summed E-state index contributed by atoms with van der Waals surface area (Å²) >= 11 is 6.05. The molecule has 0 fully saturated rings. The maximum atomic E-state index is 11.9. The SMILES string of the molecule is CCCOc1ccccc1OCC(=O)NCc1ccccc1Cl. The summed E-state index contributed by atoms with van der Waals surface area (Å²) in [5, 5.41) is 3.41. The second-order valence-electron chi connectivity index (χ2n) is 4.95. The van der Waals surface area contributed by atoms with Crippen molar-refractivity contribution in [1.29, 1.82) is 0 Å². The molecule has 1 amide bonds. The number of carbonyl (C=O) groups is 1. The van der Waals surface area contributed by atoms with Crippen LogP contribution in [0.2, 0.25) is 5.02 Å². The maximum Gasteiger partial charge on any atom is 0.258 e. The van der Waals surface area contributed by atoms with Gasteiger partial charge in [0, 0.05) is 11.6 Å². The number of nitrogens with one attached hydrogen (secondary N) is 1. The smallest absolute Gasteiger partial charge is 0.258 e. The molecule has 23 heavy (non-hydrogen) atoms. The largest absolute Gasteiger partial charge is 0.490 e. The molecular weight excluding hydrogens is 314 g/mol. The molecule has 2 rings (SSSR count). The third kappa shape index (κ3) is 5.49. The van der Waals surface area contributed by atoms with Gasteiger partial charge >= 0.3 is 0 Å². The molecule has 0 radical (unpaired) electrons. The summed E-state index contributed by atoms with van der Waals surface area (Å²) in [6.07, 6.45) is 0.909. The lowest BCUT2D eigenvalue weighted by molar-refractivity contribution is -0.123. The van der Waals surface area contributed by atoms with E-state index in [1.807, 2.05) is 43.3 Å². The van der Waals surface area contributed by atoms with E-state index in [-0.39, 0.29) is 12.5 Å². The zero-order chi connectivity index (χ0) is 16.5. The number of para-hydroxylation sites is 2. The molecule has 1 N–H and O–H groups in total. The van der Waals surface area contributed by atoms with E-state index in [1.165, 1.54) is 0 Å². The summed E-state index contributed by atoms with van der Waals surface area (Å²) in [6.45, 7) is 2.94. The lowest BCUT2D eigenvalue weighted by Gasteiger charge is -2.12. The van der Waals surface area contributed by atoms with Crippen LogP contribution in [-0.2, 0) is 11.3 Å². The van der Waals surface area contributed by atoms with Crippen molar-refractivity contribution in [3.8, 4) is 11.5 Å². The molecule has 0 spiro atoms. The standard InChI is InChI=1S/C18H20ClNO3/c1-2-11-22-16-9-5-6-10-17(16)23-13-18(21)20-12-14-7-3-4-8-15(14)19/h3-10H,2,11-13H2,1H3,(H,20,21). The quantitative estimate of drug-likeness (QED) is 0.798. The highest BCUT2D eigenvalue weighted by molar-refractivity contribution is 6.31. The number of ether oxygens (including phenoxy) is 2. The minimum Gasteiger partial charge on any atom is -0.490 e. The van der Waals surface area contributed by atoms with Crippen molar-refractivity contribution in [1.82, 2.24) is 5.32 Å². The Morgan fingerprint density at radius 3 is 2.39 bits per heavy atom. The zero-order valence-corrected chi connectivity index (χ0v) is 13.8. The van der Waals surface area contributed by atoms with Crippen LogP contribution < -0.4 is 14.8 Å². The third-order valence-corrected chi connectivity index (χ3v) is 3.47. The van der Waals surface area contributed by atoms with E-state index in [1.54, 1.807) is 12.1 Å². The first kappa shape index (κ1) is 17.2. The van der Waals surface area contributed by atoms with Gasteiger partial charge in [-0.25, -0.2) is 0 Å². The first-order valence-electron chi connectivity index (χ1n) is 7.55. The predicted octanol–water partition coefficient (Wildman–Crippen LogP) is 3.82. The molecule has 0 aliphatic carbocycles. The Kier molecular flexibility index (Phi) is 6.76. The second-order valence-corrected chi connectivity index (χ2v) is 5.36. The molecule has 0 saturated heterocycles. The minimum atomic E-state index is -0.213. The van der Waals surface area contributed by atoms with Crippen LogP contribution in [0.15, 0.2) is 48.5 Å². The van der Waals surface area contributed by atoms with Gasteiger partial charge in [-0.1, -0.05) is 48.9 Å². The van der Waals surface area contributed by atoms with Gasteiger partial charge in [-0.3, -0.25) is 4.79 Å². The first-order valence-corrected chi connectivity index (χ1v) is 7.93. The van der Waals surface area contributed by atoms with E-state index in [2.05, 4.69) is 5.32 Å². The van der Waals surface area contributed by atoms with E-state index in [4.69, 9.17) is 21.1 Å². The van der Waals surface area contributed by atoms with Crippen molar-refractivity contribution in [2.75, 3.05) is 13.2 Å². The Labute approximate surface area is 141 Å². The zero-order valence-electron chi connectivity index (χ0n) is 13.0. The Balaban J connectivity index is 1.84. The van der Waals surface area contributed by atoms with Crippen molar-refractivity contribution in [2.45, 2.75) is 19.9 Å². The normalized spacial score (nSPS) is 10.2. The Hall–Kier alpha value is -2.20. The highest BCUT2D eigenvalue weighted by Crippen LogP contribution is 2.26. The molecule has 0 unspecified atom stereocenters. The minimum absolute atomic E-state index is 0.0725. The molecule has 2 aromatic carbocycles. The van der Waals surface area contributed by atoms with Crippen LogP contribution in [0.4, 0.5) is 0 Å². The van der Waals surface area contributed by atoms with Crippen LogP contribution in [0, 0.1) is 0 Å². The van der Waals surface area contributed by atoms with Gasteiger partial charge < -0.3 is 14.8 Å². The van der Waals surface area contributed by atoms with E-state index >= 15 is 0 Å². The third-order valence-electron chi connectivity index (χ3n) is 3.10. The summed E-state index contributed by atoms with van der Waals surface area (Å²) in [4.78, 5) is 11.9. The number of carbonyl (C=O) groups excluding carboxylic acids is 1. The van der Waals surface area contributed by atoms with Gasteiger partial charge in [0.2, 0.25) is 0 Å². The average molecular weight is 334 g/mol. The van der Waals surface area contributed by atoms with Crippen LogP contribution >= 0.6 is 11.6 Å². The maximum absolute atomic E-state index is 11.9. The summed E-state index contributed by atoms with van der Waals surface area (Å²) in [5.41, 5.74) is 0.870. The van der Waals surface area contributed by atoms with Crippen LogP contribution in [0.1, 0.15) is 18.9 Å². The van der Waals surface area contributed by atoms with E-state index < -0.39 is 0 Å². The number of hydrogen-bond acceptors (Lipinski definition) is 3. The fraction of sp³-hybridized carbons (Fsp3) is 0.278. The van der Waals surface area contributed by atoms with Crippen molar-refractivity contribution < 1.29 is 14.3 Å². The van der Waals surface area contributed by atoms with E-state index in [9.17, 15) is 4.79 Å². The van der Waals surface area contributed by atoms with E-state index in [0.717, 1.165) is 12.0 Å². The van der Waals surface area contributed by atoms with Gasteiger partial charge in [-0.15, -0.1) is 0 Å².